The lowest BCUT2D eigenvalue weighted by Gasteiger charge is -2.11. The molecule has 0 aliphatic heterocycles. The molecule has 0 amide bonds. The molecule has 3 aromatic heterocycles. The zero-order chi connectivity index (χ0) is 17.4. The Balaban J connectivity index is 1.73. The summed E-state index contributed by atoms with van der Waals surface area (Å²) in [7, 11) is 0. The van der Waals surface area contributed by atoms with Gasteiger partial charge in [-0.3, -0.25) is 0 Å². The van der Waals surface area contributed by atoms with Gasteiger partial charge in [-0.1, -0.05) is 23.2 Å². The van der Waals surface area contributed by atoms with Crippen molar-refractivity contribution in [2.24, 2.45) is 0 Å². The van der Waals surface area contributed by atoms with Gasteiger partial charge in [0.25, 0.3) is 0 Å². The Hall–Kier alpha value is -2.57. The minimum absolute atomic E-state index is 0.185. The molecule has 0 unspecified atom stereocenters. The SMILES string of the molecule is Fc1cc(Cl)c(Nc2nccc3c2ccn3Cc2cnco2)c(Cl)c1. The topological polar surface area (TPSA) is 55.9 Å². The van der Waals surface area contributed by atoms with Crippen molar-refractivity contribution < 1.29 is 8.81 Å². The summed E-state index contributed by atoms with van der Waals surface area (Å²) in [5.41, 5.74) is 1.36. The van der Waals surface area contributed by atoms with E-state index >= 15 is 0 Å². The van der Waals surface area contributed by atoms with Gasteiger partial charge in [0, 0.05) is 17.8 Å². The van der Waals surface area contributed by atoms with Crippen LogP contribution in [0.4, 0.5) is 15.9 Å². The molecule has 25 heavy (non-hydrogen) atoms. The third-order valence-corrected chi connectivity index (χ3v) is 4.35. The number of halogens is 3. The number of rotatable bonds is 4. The van der Waals surface area contributed by atoms with Crippen molar-refractivity contribution in [3.8, 4) is 0 Å². The van der Waals surface area contributed by atoms with Crippen LogP contribution >= 0.6 is 23.2 Å². The van der Waals surface area contributed by atoms with Crippen molar-refractivity contribution in [2.75, 3.05) is 5.32 Å². The number of nitrogens with zero attached hydrogens (tertiary/aromatic N) is 3. The van der Waals surface area contributed by atoms with Crippen LogP contribution < -0.4 is 5.32 Å². The van der Waals surface area contributed by atoms with Crippen LogP contribution in [0, 0.1) is 5.82 Å². The van der Waals surface area contributed by atoms with Gasteiger partial charge in [0.1, 0.15) is 17.4 Å². The zero-order valence-electron chi connectivity index (χ0n) is 12.7. The van der Waals surface area contributed by atoms with Crippen LogP contribution in [-0.2, 0) is 6.54 Å². The van der Waals surface area contributed by atoms with E-state index in [0.717, 1.165) is 16.7 Å². The van der Waals surface area contributed by atoms with Crippen molar-refractivity contribution in [2.45, 2.75) is 6.54 Å². The van der Waals surface area contributed by atoms with Gasteiger partial charge < -0.3 is 14.3 Å². The summed E-state index contributed by atoms with van der Waals surface area (Å²) >= 11 is 12.2. The Kier molecular flexibility index (Phi) is 4.07. The third kappa shape index (κ3) is 3.06. The lowest BCUT2D eigenvalue weighted by Crippen LogP contribution is -1.99. The van der Waals surface area contributed by atoms with E-state index in [9.17, 15) is 4.39 Å². The molecule has 8 heteroatoms. The fourth-order valence-corrected chi connectivity index (χ4v) is 3.18. The van der Waals surface area contributed by atoms with E-state index in [-0.39, 0.29) is 10.0 Å². The van der Waals surface area contributed by atoms with Crippen molar-refractivity contribution in [3.05, 3.63) is 70.9 Å². The highest BCUT2D eigenvalue weighted by molar-refractivity contribution is 6.39. The van der Waals surface area contributed by atoms with Gasteiger partial charge >= 0.3 is 0 Å². The zero-order valence-corrected chi connectivity index (χ0v) is 14.2. The van der Waals surface area contributed by atoms with Gasteiger partial charge in [0.2, 0.25) is 0 Å². The van der Waals surface area contributed by atoms with E-state index in [4.69, 9.17) is 27.6 Å². The van der Waals surface area contributed by atoms with Crippen molar-refractivity contribution in [1.29, 1.82) is 0 Å². The van der Waals surface area contributed by atoms with Crippen LogP contribution in [0.1, 0.15) is 5.76 Å². The van der Waals surface area contributed by atoms with E-state index < -0.39 is 5.82 Å². The molecular formula is C17H11Cl2FN4O. The first-order valence-electron chi connectivity index (χ1n) is 7.34. The van der Waals surface area contributed by atoms with Crippen LogP contribution in [-0.4, -0.2) is 14.5 Å². The Morgan fingerprint density at radius 3 is 2.72 bits per heavy atom. The van der Waals surface area contributed by atoms with E-state index in [2.05, 4.69) is 15.3 Å². The minimum Gasteiger partial charge on any atom is -0.447 e. The fourth-order valence-electron chi connectivity index (χ4n) is 2.63. The first-order valence-corrected chi connectivity index (χ1v) is 8.10. The average molecular weight is 377 g/mol. The van der Waals surface area contributed by atoms with Crippen LogP contribution in [0.25, 0.3) is 10.9 Å². The molecular weight excluding hydrogens is 366 g/mol. The first kappa shape index (κ1) is 15.9. The molecule has 126 valence electrons. The summed E-state index contributed by atoms with van der Waals surface area (Å²) in [6.45, 7) is 0.547. The average Bonchev–Trinajstić information content (AvgIpc) is 3.22. The summed E-state index contributed by atoms with van der Waals surface area (Å²) in [4.78, 5) is 8.26. The summed E-state index contributed by atoms with van der Waals surface area (Å²) < 4.78 is 20.7. The van der Waals surface area contributed by atoms with Gasteiger partial charge in [0.05, 0.1) is 34.0 Å². The smallest absolute Gasteiger partial charge is 0.180 e. The number of aromatic nitrogens is 3. The summed E-state index contributed by atoms with van der Waals surface area (Å²) in [6.07, 6.45) is 6.67. The van der Waals surface area contributed by atoms with E-state index in [1.165, 1.54) is 18.5 Å². The monoisotopic (exact) mass is 376 g/mol. The Bertz CT molecular complexity index is 1020. The summed E-state index contributed by atoms with van der Waals surface area (Å²) in [6, 6.07) is 6.22. The molecule has 0 fully saturated rings. The summed E-state index contributed by atoms with van der Waals surface area (Å²) in [5, 5.41) is 4.34. The second kappa shape index (κ2) is 6.38. The maximum atomic E-state index is 13.4. The molecule has 0 saturated heterocycles. The molecule has 4 rings (SSSR count). The second-order valence-corrected chi connectivity index (χ2v) is 6.19. The fraction of sp³-hybridized carbons (Fsp3) is 0.0588. The highest BCUT2D eigenvalue weighted by atomic mass is 35.5. The molecule has 0 spiro atoms. The maximum absolute atomic E-state index is 13.4. The number of pyridine rings is 1. The molecule has 5 nitrogen and oxygen atoms in total. The molecule has 4 aromatic rings. The number of hydrogen-bond donors (Lipinski definition) is 1. The highest BCUT2D eigenvalue weighted by Crippen LogP contribution is 2.35. The van der Waals surface area contributed by atoms with Crippen LogP contribution in [0.5, 0.6) is 0 Å². The Labute approximate surface area is 152 Å². The second-order valence-electron chi connectivity index (χ2n) is 5.37. The van der Waals surface area contributed by atoms with E-state index in [1.54, 1.807) is 12.4 Å². The van der Waals surface area contributed by atoms with Crippen molar-refractivity contribution in [1.82, 2.24) is 14.5 Å². The Morgan fingerprint density at radius 2 is 2.00 bits per heavy atom. The minimum atomic E-state index is -0.495. The van der Waals surface area contributed by atoms with Gasteiger partial charge in [-0.05, 0) is 24.3 Å². The van der Waals surface area contributed by atoms with Gasteiger partial charge in [-0.15, -0.1) is 0 Å². The first-order chi connectivity index (χ1) is 12.1. The number of benzene rings is 1. The molecule has 0 bridgehead atoms. The van der Waals surface area contributed by atoms with E-state index in [0.29, 0.717) is 18.1 Å². The Morgan fingerprint density at radius 1 is 1.20 bits per heavy atom. The molecule has 0 atom stereocenters. The third-order valence-electron chi connectivity index (χ3n) is 3.76. The normalized spacial score (nSPS) is 11.2. The van der Waals surface area contributed by atoms with Crippen molar-refractivity contribution >= 4 is 45.6 Å². The number of nitrogens with one attached hydrogen (secondary N) is 1. The maximum Gasteiger partial charge on any atom is 0.180 e. The van der Waals surface area contributed by atoms with E-state index in [1.807, 2.05) is 22.9 Å². The molecule has 0 aliphatic rings. The number of hydrogen-bond acceptors (Lipinski definition) is 4. The van der Waals surface area contributed by atoms with Gasteiger partial charge in [0.15, 0.2) is 6.39 Å². The lowest BCUT2D eigenvalue weighted by atomic mass is 10.2. The largest absolute Gasteiger partial charge is 0.447 e. The molecule has 1 aromatic carbocycles. The molecule has 0 aliphatic carbocycles. The quantitative estimate of drug-likeness (QED) is 0.527. The van der Waals surface area contributed by atoms with Crippen LogP contribution in [0.2, 0.25) is 10.0 Å². The number of fused-ring (bicyclic) bond motifs is 1. The predicted octanol–water partition coefficient (Wildman–Crippen LogP) is 5.26. The molecule has 0 saturated carbocycles. The molecule has 3 heterocycles. The van der Waals surface area contributed by atoms with Crippen LogP contribution in [0.15, 0.2) is 53.7 Å². The standard InChI is InChI=1S/C17H11Cl2FN4O/c18-13-5-10(20)6-14(19)16(13)23-17-12-2-4-24(15(12)1-3-22-17)8-11-7-21-9-25-11/h1-7,9H,8H2,(H,22,23). The van der Waals surface area contributed by atoms with Crippen LogP contribution in [0.3, 0.4) is 0 Å². The van der Waals surface area contributed by atoms with Gasteiger partial charge in [-0.25, -0.2) is 14.4 Å². The summed E-state index contributed by atoms with van der Waals surface area (Å²) in [5.74, 6) is 0.822. The predicted molar refractivity (Wildman–Crippen MR) is 95.0 cm³/mol. The molecule has 1 N–H and O–H groups in total. The highest BCUT2D eigenvalue weighted by Gasteiger charge is 2.13. The molecule has 0 radical (unpaired) electrons. The number of oxazole rings is 1. The van der Waals surface area contributed by atoms with Crippen molar-refractivity contribution in [3.63, 3.8) is 0 Å². The van der Waals surface area contributed by atoms with Gasteiger partial charge in [-0.2, -0.15) is 0 Å². The lowest BCUT2D eigenvalue weighted by molar-refractivity contribution is 0.492. The number of anilines is 2.